The van der Waals surface area contributed by atoms with Gasteiger partial charge in [-0.05, 0) is 76.1 Å². The average molecular weight is 496 g/mol. The van der Waals surface area contributed by atoms with Gasteiger partial charge in [0, 0.05) is 23.1 Å². The zero-order chi connectivity index (χ0) is 23.0. The Morgan fingerprint density at radius 3 is 2.88 bits per heavy atom. The molecule has 1 aliphatic heterocycles. The molecule has 1 saturated heterocycles. The van der Waals surface area contributed by atoms with Crippen LogP contribution in [-0.4, -0.2) is 34.5 Å². The van der Waals surface area contributed by atoms with Crippen LogP contribution < -0.4 is 0 Å². The molecule has 1 atom stereocenters. The van der Waals surface area contributed by atoms with Crippen LogP contribution in [0.5, 0.6) is 0 Å². The van der Waals surface area contributed by atoms with Gasteiger partial charge in [0.2, 0.25) is 5.89 Å². The van der Waals surface area contributed by atoms with Crippen LogP contribution in [0.25, 0.3) is 22.6 Å². The largest absolute Gasteiger partial charge is 0.460 e. The smallest absolute Gasteiger partial charge is 0.310 e. The third-order valence-electron chi connectivity index (χ3n) is 5.59. The van der Waals surface area contributed by atoms with Crippen molar-refractivity contribution in [1.29, 1.82) is 5.26 Å². The van der Waals surface area contributed by atoms with E-state index in [0.29, 0.717) is 35.6 Å². The van der Waals surface area contributed by atoms with E-state index in [4.69, 9.17) is 9.15 Å². The van der Waals surface area contributed by atoms with E-state index in [1.807, 2.05) is 58.0 Å². The monoisotopic (exact) mass is 495 g/mol. The molecule has 2 heterocycles. The first-order valence-electron chi connectivity index (χ1n) is 10.7. The molecule has 0 aliphatic carbocycles. The average Bonchev–Trinajstić information content (AvgIpc) is 3.35. The van der Waals surface area contributed by atoms with E-state index in [9.17, 15) is 10.1 Å². The van der Waals surface area contributed by atoms with Gasteiger partial charge in [-0.2, -0.15) is 5.26 Å². The lowest BCUT2D eigenvalue weighted by Gasteiger charge is -2.22. The normalized spacial score (nSPS) is 16.9. The second kappa shape index (κ2) is 8.68. The van der Waals surface area contributed by atoms with Crippen LogP contribution in [0.15, 0.2) is 39.2 Å². The minimum atomic E-state index is -0.478. The molecular formula is C25H26BrN3O3. The molecule has 0 bridgehead atoms. The fraction of sp³-hybridized carbons (Fsp3) is 0.400. The van der Waals surface area contributed by atoms with Gasteiger partial charge < -0.3 is 9.15 Å². The number of ether oxygens (including phenoxy) is 1. The summed E-state index contributed by atoms with van der Waals surface area (Å²) >= 11 is 3.55. The molecule has 0 saturated carbocycles. The molecule has 1 fully saturated rings. The third-order valence-corrected chi connectivity index (χ3v) is 6.45. The molecule has 3 aromatic rings. The number of rotatable bonds is 4. The summed E-state index contributed by atoms with van der Waals surface area (Å²) in [5, 5.41) is 9.70. The van der Waals surface area contributed by atoms with Crippen LogP contribution in [-0.2, 0) is 16.1 Å². The van der Waals surface area contributed by atoms with E-state index in [1.165, 1.54) is 0 Å². The summed E-state index contributed by atoms with van der Waals surface area (Å²) < 4.78 is 12.5. The van der Waals surface area contributed by atoms with Crippen molar-refractivity contribution in [1.82, 2.24) is 9.88 Å². The molecule has 0 radical (unpaired) electrons. The molecule has 4 rings (SSSR count). The fourth-order valence-corrected chi connectivity index (χ4v) is 4.40. The number of carbonyl (C=O) groups is 1. The second-order valence-electron chi connectivity index (χ2n) is 9.29. The predicted molar refractivity (Wildman–Crippen MR) is 126 cm³/mol. The van der Waals surface area contributed by atoms with Gasteiger partial charge in [-0.15, -0.1) is 0 Å². The minimum absolute atomic E-state index is 0.119. The molecule has 1 aliphatic rings. The molecule has 0 N–H and O–H groups in total. The zero-order valence-electron chi connectivity index (χ0n) is 18.7. The van der Waals surface area contributed by atoms with Gasteiger partial charge in [-0.25, -0.2) is 4.98 Å². The molecule has 166 valence electrons. The highest BCUT2D eigenvalue weighted by Gasteiger charge is 2.32. The van der Waals surface area contributed by atoms with Crippen LogP contribution in [0.4, 0.5) is 0 Å². The van der Waals surface area contributed by atoms with E-state index >= 15 is 0 Å². The topological polar surface area (TPSA) is 79.4 Å². The van der Waals surface area contributed by atoms with Gasteiger partial charge in [0.25, 0.3) is 0 Å². The van der Waals surface area contributed by atoms with E-state index < -0.39 is 5.60 Å². The molecule has 0 amide bonds. The highest BCUT2D eigenvalue weighted by atomic mass is 79.9. The number of hydrogen-bond acceptors (Lipinski definition) is 6. The molecule has 7 heteroatoms. The number of esters is 1. The quantitative estimate of drug-likeness (QED) is 0.438. The number of nitrogens with zero attached hydrogens (tertiary/aromatic N) is 3. The Bertz CT molecular complexity index is 1220. The lowest BCUT2D eigenvalue weighted by atomic mass is 10.1. The van der Waals surface area contributed by atoms with Crippen molar-refractivity contribution in [2.24, 2.45) is 5.92 Å². The molecule has 0 unspecified atom stereocenters. The van der Waals surface area contributed by atoms with Crippen molar-refractivity contribution in [3.05, 3.63) is 51.5 Å². The predicted octanol–water partition coefficient (Wildman–Crippen LogP) is 5.60. The Labute approximate surface area is 196 Å². The number of aromatic nitrogens is 1. The first-order chi connectivity index (χ1) is 15.1. The maximum absolute atomic E-state index is 12.4. The number of carbonyl (C=O) groups excluding carboxylic acids is 1. The summed E-state index contributed by atoms with van der Waals surface area (Å²) in [6, 6.07) is 11.9. The molecule has 2 aromatic carbocycles. The lowest BCUT2D eigenvalue weighted by Crippen LogP contribution is -2.30. The molecule has 0 spiro atoms. The maximum atomic E-state index is 12.4. The van der Waals surface area contributed by atoms with Gasteiger partial charge >= 0.3 is 5.97 Å². The third kappa shape index (κ3) is 4.72. The van der Waals surface area contributed by atoms with Crippen LogP contribution in [0.2, 0.25) is 0 Å². The van der Waals surface area contributed by atoms with Gasteiger partial charge in [-0.1, -0.05) is 22.0 Å². The summed E-state index contributed by atoms with van der Waals surface area (Å²) in [6.45, 7) is 9.76. The molecule has 1 aromatic heterocycles. The van der Waals surface area contributed by atoms with Gasteiger partial charge in [-0.3, -0.25) is 9.69 Å². The Balaban J connectivity index is 1.56. The highest BCUT2D eigenvalue weighted by Crippen LogP contribution is 2.32. The Morgan fingerprint density at radius 2 is 2.16 bits per heavy atom. The summed E-state index contributed by atoms with van der Waals surface area (Å²) in [7, 11) is 0. The Hall–Kier alpha value is -2.69. The van der Waals surface area contributed by atoms with Crippen LogP contribution in [0, 0.1) is 24.2 Å². The summed E-state index contributed by atoms with van der Waals surface area (Å²) in [5.41, 5.74) is 4.05. The highest BCUT2D eigenvalue weighted by molar-refractivity contribution is 9.10. The number of hydrogen-bond donors (Lipinski definition) is 0. The number of oxazole rings is 1. The number of benzene rings is 2. The van der Waals surface area contributed by atoms with E-state index in [-0.39, 0.29) is 11.9 Å². The van der Waals surface area contributed by atoms with Crippen LogP contribution in [0.1, 0.15) is 43.9 Å². The summed E-state index contributed by atoms with van der Waals surface area (Å²) in [4.78, 5) is 19.3. The summed E-state index contributed by atoms with van der Waals surface area (Å²) in [5.74, 6) is 0.240. The van der Waals surface area contributed by atoms with Crippen LogP contribution >= 0.6 is 15.9 Å². The number of likely N-dealkylation sites (tertiary alicyclic amines) is 1. The first kappa shape index (κ1) is 22.5. The van der Waals surface area contributed by atoms with Crippen LogP contribution in [0.3, 0.4) is 0 Å². The number of fused-ring (bicyclic) bond motifs is 1. The molecule has 32 heavy (non-hydrogen) atoms. The Morgan fingerprint density at radius 1 is 1.38 bits per heavy atom. The maximum Gasteiger partial charge on any atom is 0.310 e. The van der Waals surface area contributed by atoms with Crippen molar-refractivity contribution < 1.29 is 13.9 Å². The van der Waals surface area contributed by atoms with Crippen molar-refractivity contribution in [2.45, 2.75) is 46.3 Å². The number of halogens is 1. The second-order valence-corrected chi connectivity index (χ2v) is 10.1. The lowest BCUT2D eigenvalue weighted by molar-refractivity contribution is -0.159. The van der Waals surface area contributed by atoms with Crippen molar-refractivity contribution >= 4 is 33.0 Å². The summed E-state index contributed by atoms with van der Waals surface area (Å²) in [6.07, 6.45) is 0.776. The van der Waals surface area contributed by atoms with Gasteiger partial charge in [0.15, 0.2) is 5.58 Å². The number of nitriles is 1. The molecular weight excluding hydrogens is 470 g/mol. The van der Waals surface area contributed by atoms with E-state index in [2.05, 4.69) is 31.9 Å². The SMILES string of the molecule is Cc1c(Br)cccc1-c1nc2cc(CN3CC[C@@H](C(=O)OC(C)(C)C)C3)cc(C#N)c2o1. The molecule has 6 nitrogen and oxygen atoms in total. The van der Waals surface area contributed by atoms with E-state index in [0.717, 1.165) is 34.1 Å². The zero-order valence-corrected chi connectivity index (χ0v) is 20.3. The van der Waals surface area contributed by atoms with Gasteiger partial charge in [0.1, 0.15) is 17.2 Å². The van der Waals surface area contributed by atoms with Crippen molar-refractivity contribution in [3.63, 3.8) is 0 Å². The minimum Gasteiger partial charge on any atom is -0.460 e. The standard InChI is InChI=1S/C25H26BrN3O3/c1-15-19(6-5-7-20(15)26)23-28-21-11-16(10-18(12-27)22(21)31-23)13-29-9-8-17(14-29)24(30)32-25(2,3)4/h5-7,10-11,17H,8-9,13-14H2,1-4H3/t17-/m1/s1. The first-order valence-corrected chi connectivity index (χ1v) is 11.5. The fourth-order valence-electron chi connectivity index (χ4n) is 4.03. The van der Waals surface area contributed by atoms with Crippen molar-refractivity contribution in [3.8, 4) is 17.5 Å². The van der Waals surface area contributed by atoms with Gasteiger partial charge in [0.05, 0.1) is 11.5 Å². The van der Waals surface area contributed by atoms with Crippen molar-refractivity contribution in [2.75, 3.05) is 13.1 Å². The Kier molecular flexibility index (Phi) is 6.11. The van der Waals surface area contributed by atoms with E-state index in [1.54, 1.807) is 0 Å².